The second-order valence-electron chi connectivity index (χ2n) is 14.4. The lowest BCUT2D eigenvalue weighted by molar-refractivity contribution is -0.266. The standard InChI is InChI=1S/C38H39NO10S/c1-20(40)45-19-37(4)28-17-30(48-34(43)27-15-22-9-6-7-11-26(22)50-27)38(5)33(36(28,3)13-12-29(37)46-21(2)41)32(42)31-25(49-38)16-24(47-35(31)44)23-10-8-14-39-18-23/h6-11,14-16,18,28-30,32-33,42H,12-13,17,19H2,1-5H3/t28-,29+,30+,32+,33-,36+,37+,38-/m1/s1. The van der Waals surface area contributed by atoms with Crippen molar-refractivity contribution in [3.63, 3.8) is 0 Å². The molecule has 0 radical (unpaired) electrons. The highest BCUT2D eigenvalue weighted by Crippen LogP contribution is 2.67. The molecule has 50 heavy (non-hydrogen) atoms. The summed E-state index contributed by atoms with van der Waals surface area (Å²) in [6.45, 7) is 8.30. The fourth-order valence-electron chi connectivity index (χ4n) is 9.11. The van der Waals surface area contributed by atoms with Crippen molar-refractivity contribution >= 4 is 39.3 Å². The smallest absolute Gasteiger partial charge is 0.348 e. The van der Waals surface area contributed by atoms with Gasteiger partial charge in [-0.25, -0.2) is 9.59 Å². The highest BCUT2D eigenvalue weighted by Gasteiger charge is 2.71. The molecule has 7 rings (SSSR count). The maximum Gasteiger partial charge on any atom is 0.348 e. The lowest BCUT2D eigenvalue weighted by Gasteiger charge is -2.66. The number of aromatic nitrogens is 1. The van der Waals surface area contributed by atoms with Gasteiger partial charge in [0.2, 0.25) is 0 Å². The van der Waals surface area contributed by atoms with Gasteiger partial charge < -0.3 is 28.5 Å². The Morgan fingerprint density at radius 2 is 1.80 bits per heavy atom. The number of pyridine rings is 1. The molecule has 0 unspecified atom stereocenters. The van der Waals surface area contributed by atoms with Crippen LogP contribution in [0.5, 0.6) is 5.75 Å². The molecule has 0 saturated heterocycles. The van der Waals surface area contributed by atoms with Crippen LogP contribution in [0.2, 0.25) is 0 Å². The molecular weight excluding hydrogens is 662 g/mol. The number of nitrogens with zero attached hydrogens (tertiary/aromatic N) is 1. The number of thiophene rings is 1. The third-order valence-corrected chi connectivity index (χ3v) is 12.4. The highest BCUT2D eigenvalue weighted by molar-refractivity contribution is 7.20. The molecule has 4 heterocycles. The Hall–Kier alpha value is -4.55. The van der Waals surface area contributed by atoms with Crippen molar-refractivity contribution in [3.05, 3.63) is 81.8 Å². The zero-order chi connectivity index (χ0) is 35.6. The maximum absolute atomic E-state index is 14.0. The minimum Gasteiger partial charge on any atom is -0.482 e. The van der Waals surface area contributed by atoms with E-state index >= 15 is 0 Å². The van der Waals surface area contributed by atoms with Crippen LogP contribution in [0.3, 0.4) is 0 Å². The first-order chi connectivity index (χ1) is 23.7. The predicted molar refractivity (Wildman–Crippen MR) is 182 cm³/mol. The van der Waals surface area contributed by atoms with Gasteiger partial charge in [0, 0.05) is 53.9 Å². The van der Waals surface area contributed by atoms with E-state index in [-0.39, 0.29) is 30.1 Å². The number of rotatable bonds is 6. The van der Waals surface area contributed by atoms with Gasteiger partial charge in [-0.15, -0.1) is 11.3 Å². The first-order valence-corrected chi connectivity index (χ1v) is 17.5. The Labute approximate surface area is 292 Å². The van der Waals surface area contributed by atoms with Gasteiger partial charge in [-0.3, -0.25) is 14.6 Å². The molecule has 0 spiro atoms. The minimum absolute atomic E-state index is 0.0274. The summed E-state index contributed by atoms with van der Waals surface area (Å²) in [5.41, 5.74) is -3.31. The summed E-state index contributed by atoms with van der Waals surface area (Å²) in [6, 6.07) is 14.5. The van der Waals surface area contributed by atoms with Crippen molar-refractivity contribution in [1.29, 1.82) is 0 Å². The summed E-state index contributed by atoms with van der Waals surface area (Å²) in [5, 5.41) is 13.3. The zero-order valence-corrected chi connectivity index (χ0v) is 29.3. The van der Waals surface area contributed by atoms with Crippen molar-refractivity contribution in [2.45, 2.75) is 77.8 Å². The Morgan fingerprint density at radius 1 is 1.02 bits per heavy atom. The predicted octanol–water partition coefficient (Wildman–Crippen LogP) is 6.26. The summed E-state index contributed by atoms with van der Waals surface area (Å²) in [5.74, 6) is -2.42. The highest BCUT2D eigenvalue weighted by atomic mass is 32.1. The largest absolute Gasteiger partial charge is 0.482 e. The molecular formula is C38H39NO10S. The molecule has 1 N–H and O–H groups in total. The van der Waals surface area contributed by atoms with Gasteiger partial charge in [0.25, 0.3) is 0 Å². The number of esters is 3. The summed E-state index contributed by atoms with van der Waals surface area (Å²) in [4.78, 5) is 56.7. The van der Waals surface area contributed by atoms with Crippen LogP contribution in [0.4, 0.5) is 0 Å². The SMILES string of the molecule is CC(=O)OC[C@@]1(C)[C@@H]2C[C@H](OC(=O)c3cc4ccccc4s3)[C@@]3(C)Oc4cc(-c5cccnc5)oc(=O)c4[C@H](O)[C@@H]3[C@@]2(C)CC[C@@H]1OC(C)=O. The lowest BCUT2D eigenvalue weighted by Crippen LogP contribution is -2.71. The van der Waals surface area contributed by atoms with E-state index in [1.807, 2.05) is 45.0 Å². The number of aliphatic hydroxyl groups is 1. The minimum atomic E-state index is -1.38. The number of aliphatic hydroxyl groups excluding tert-OH is 1. The van der Waals surface area contributed by atoms with Crippen LogP contribution < -0.4 is 10.4 Å². The van der Waals surface area contributed by atoms with E-state index < -0.39 is 70.1 Å². The second-order valence-corrected chi connectivity index (χ2v) is 15.5. The summed E-state index contributed by atoms with van der Waals surface area (Å²) < 4.78 is 31.4. The van der Waals surface area contributed by atoms with Crippen LogP contribution in [0.1, 0.15) is 75.2 Å². The quantitative estimate of drug-likeness (QED) is 0.179. The molecule has 3 aliphatic rings. The number of fused-ring (bicyclic) bond motifs is 5. The van der Waals surface area contributed by atoms with Crippen LogP contribution in [0.25, 0.3) is 21.4 Å². The van der Waals surface area contributed by atoms with Crippen LogP contribution in [0, 0.1) is 22.7 Å². The Morgan fingerprint density at radius 3 is 2.50 bits per heavy atom. The van der Waals surface area contributed by atoms with Crippen molar-refractivity contribution in [2.24, 2.45) is 22.7 Å². The van der Waals surface area contributed by atoms with E-state index in [0.717, 1.165) is 10.1 Å². The van der Waals surface area contributed by atoms with E-state index in [1.165, 1.54) is 25.2 Å². The molecule has 11 nitrogen and oxygen atoms in total. The zero-order valence-electron chi connectivity index (χ0n) is 28.5. The van der Waals surface area contributed by atoms with Gasteiger partial charge in [-0.2, -0.15) is 0 Å². The molecule has 1 aliphatic heterocycles. The van der Waals surface area contributed by atoms with Crippen LogP contribution in [-0.2, 0) is 23.8 Å². The molecule has 2 fully saturated rings. The summed E-state index contributed by atoms with van der Waals surface area (Å²) in [7, 11) is 0. The molecule has 3 aromatic heterocycles. The number of hydrogen-bond donors (Lipinski definition) is 1. The average Bonchev–Trinajstić information content (AvgIpc) is 3.51. The Balaban J connectivity index is 1.37. The molecule has 12 heteroatoms. The molecule has 0 amide bonds. The molecule has 2 aliphatic carbocycles. The first-order valence-electron chi connectivity index (χ1n) is 16.7. The molecule has 4 aromatic rings. The third-order valence-electron chi connectivity index (χ3n) is 11.3. The van der Waals surface area contributed by atoms with Crippen LogP contribution >= 0.6 is 11.3 Å². The average molecular weight is 702 g/mol. The van der Waals surface area contributed by atoms with E-state index in [9.17, 15) is 24.3 Å². The fraction of sp³-hybridized carbons (Fsp3) is 0.447. The Kier molecular flexibility index (Phi) is 8.38. The van der Waals surface area contributed by atoms with Gasteiger partial charge in [0.1, 0.15) is 46.4 Å². The van der Waals surface area contributed by atoms with Gasteiger partial charge in [0.05, 0.1) is 6.10 Å². The van der Waals surface area contributed by atoms with Gasteiger partial charge in [-0.1, -0.05) is 32.0 Å². The number of benzene rings is 1. The summed E-state index contributed by atoms with van der Waals surface area (Å²) in [6.07, 6.45) is 1.29. The van der Waals surface area contributed by atoms with E-state index in [2.05, 4.69) is 4.98 Å². The first kappa shape index (κ1) is 33.9. The number of hydrogen-bond acceptors (Lipinski definition) is 12. The normalized spacial score (nSPS) is 31.4. The molecule has 2 saturated carbocycles. The van der Waals surface area contributed by atoms with Crippen molar-refractivity contribution in [1.82, 2.24) is 4.98 Å². The van der Waals surface area contributed by atoms with Gasteiger partial charge >= 0.3 is 23.5 Å². The van der Waals surface area contributed by atoms with Crippen molar-refractivity contribution < 1.29 is 42.9 Å². The Bertz CT molecular complexity index is 2010. The molecule has 8 atom stereocenters. The number of carbonyl (C=O) groups is 3. The third kappa shape index (κ3) is 5.49. The van der Waals surface area contributed by atoms with Crippen LogP contribution in [-0.4, -0.2) is 52.4 Å². The molecule has 1 aromatic carbocycles. The van der Waals surface area contributed by atoms with Gasteiger partial charge in [-0.05, 0) is 67.2 Å². The lowest BCUT2D eigenvalue weighted by atomic mass is 9.42. The fourth-order valence-corrected chi connectivity index (χ4v) is 10.1. The van der Waals surface area contributed by atoms with E-state index in [0.29, 0.717) is 23.3 Å². The van der Waals surface area contributed by atoms with Crippen molar-refractivity contribution in [2.75, 3.05) is 6.61 Å². The van der Waals surface area contributed by atoms with Crippen molar-refractivity contribution in [3.8, 4) is 17.1 Å². The topological polar surface area (TPSA) is 151 Å². The monoisotopic (exact) mass is 701 g/mol. The number of ether oxygens (including phenoxy) is 4. The maximum atomic E-state index is 14.0. The number of carbonyl (C=O) groups excluding carboxylic acids is 3. The summed E-state index contributed by atoms with van der Waals surface area (Å²) >= 11 is 1.31. The molecule has 0 bridgehead atoms. The molecule has 262 valence electrons. The van der Waals surface area contributed by atoms with Gasteiger partial charge in [0.15, 0.2) is 0 Å². The second kappa shape index (κ2) is 12.3. The van der Waals surface area contributed by atoms with E-state index in [1.54, 1.807) is 36.7 Å². The van der Waals surface area contributed by atoms with E-state index in [4.69, 9.17) is 23.4 Å². The van der Waals surface area contributed by atoms with Crippen LogP contribution in [0.15, 0.2) is 70.1 Å².